The van der Waals surface area contributed by atoms with Crippen LogP contribution in [-0.2, 0) is 13.7 Å². The van der Waals surface area contributed by atoms with Gasteiger partial charge in [-0.2, -0.15) is 10.2 Å². The molecule has 1 aliphatic rings. The van der Waals surface area contributed by atoms with Crippen molar-refractivity contribution in [3.63, 3.8) is 0 Å². The smallest absolute Gasteiger partial charge is 0.281 e. The molecule has 4 heterocycles. The van der Waals surface area contributed by atoms with Crippen LogP contribution in [0, 0.1) is 11.3 Å². The molecule has 0 spiro atoms. The molecule has 0 N–H and O–H groups in total. The van der Waals surface area contributed by atoms with Crippen molar-refractivity contribution in [3.05, 3.63) is 65.5 Å². The average Bonchev–Trinajstić information content (AvgIpc) is 3.67. The molecule has 1 fully saturated rings. The number of methoxy groups -OCH3 is 1. The Bertz CT molecular complexity index is 1800. The molecule has 0 atom stereocenters. The molecule has 0 radical (unpaired) electrons. The van der Waals surface area contributed by atoms with Gasteiger partial charge in [0.05, 0.1) is 23.8 Å². The molecule has 6 rings (SSSR count). The van der Waals surface area contributed by atoms with Crippen molar-refractivity contribution < 1.29 is 22.1 Å². The summed E-state index contributed by atoms with van der Waals surface area (Å²) in [7, 11) is 3.13. The first-order valence-electron chi connectivity index (χ1n) is 12.5. The number of imidazole rings is 1. The summed E-state index contributed by atoms with van der Waals surface area (Å²) in [5.74, 6) is 1.15. The number of fused-ring (bicyclic) bond motifs is 1. The van der Waals surface area contributed by atoms with Crippen molar-refractivity contribution in [2.45, 2.75) is 31.8 Å². The van der Waals surface area contributed by atoms with E-state index in [2.05, 4.69) is 31.0 Å². The van der Waals surface area contributed by atoms with Gasteiger partial charge in [-0.25, -0.2) is 32.7 Å². The van der Waals surface area contributed by atoms with Crippen molar-refractivity contribution in [2.24, 2.45) is 7.05 Å². The molecular weight excluding hydrogens is 557 g/mol. The standard InChI is InChI=1S/C27H21F3N8O2S/c1-37-11-18(22(28)29)34-24(37)16-5-3-14(4-6-16)12-40-27-19-17(9-31)10-38(41-30)25(19)35-23(36-27)20-21(15-7-8-15)32-13-33-26(20)39-2/h3-6,10-11,13,15,22H,7-8,12H2,1-2H3. The number of aromatic nitrogens is 7. The van der Waals surface area contributed by atoms with Crippen molar-refractivity contribution in [2.75, 3.05) is 7.11 Å². The van der Waals surface area contributed by atoms with Crippen molar-refractivity contribution >= 4 is 23.4 Å². The Morgan fingerprint density at radius 3 is 2.51 bits per heavy atom. The number of hydrogen-bond acceptors (Lipinski definition) is 9. The lowest BCUT2D eigenvalue weighted by Crippen LogP contribution is -2.05. The molecular formula is C27H21F3N8O2S. The molecule has 1 aromatic carbocycles. The SMILES string of the molecule is COc1ncnc(C2CC2)c1-c1nc(OCc2ccc(-c3nc(C(F)F)cn3C)cc2)c2c(C#N)cn(SF)c2n1. The highest BCUT2D eigenvalue weighted by atomic mass is 32.2. The number of benzene rings is 1. The highest BCUT2D eigenvalue weighted by molar-refractivity contribution is 7.92. The number of nitriles is 1. The first kappa shape index (κ1) is 26.6. The molecule has 5 aromatic rings. The van der Waals surface area contributed by atoms with Crippen LogP contribution in [0.4, 0.5) is 12.7 Å². The molecule has 1 saturated carbocycles. The lowest BCUT2D eigenvalue weighted by atomic mass is 10.1. The number of rotatable bonds is 9. The first-order chi connectivity index (χ1) is 19.9. The van der Waals surface area contributed by atoms with Gasteiger partial charge in [0, 0.05) is 30.9 Å². The molecule has 0 bridgehead atoms. The van der Waals surface area contributed by atoms with E-state index < -0.39 is 6.43 Å². The number of ether oxygens (including phenoxy) is 2. The summed E-state index contributed by atoms with van der Waals surface area (Å²) < 4.78 is 54.3. The Hall–Kier alpha value is -4.64. The van der Waals surface area contributed by atoms with Gasteiger partial charge in [-0.05, 0) is 18.4 Å². The third kappa shape index (κ3) is 4.93. The summed E-state index contributed by atoms with van der Waals surface area (Å²) in [5, 5.41) is 10.0. The van der Waals surface area contributed by atoms with Crippen LogP contribution in [0.15, 0.2) is 43.0 Å². The maximum Gasteiger partial charge on any atom is 0.281 e. The molecule has 0 saturated heterocycles. The van der Waals surface area contributed by atoms with E-state index in [1.807, 2.05) is 0 Å². The van der Waals surface area contributed by atoms with Crippen molar-refractivity contribution in [1.29, 1.82) is 5.26 Å². The Labute approximate surface area is 236 Å². The molecule has 208 valence electrons. The predicted molar refractivity (Wildman–Crippen MR) is 144 cm³/mol. The van der Waals surface area contributed by atoms with Gasteiger partial charge in [-0.1, -0.05) is 24.3 Å². The number of halogens is 3. The summed E-state index contributed by atoms with van der Waals surface area (Å²) in [6.45, 7) is 0.0470. The zero-order valence-corrected chi connectivity index (χ0v) is 22.6. The minimum Gasteiger partial charge on any atom is -0.480 e. The van der Waals surface area contributed by atoms with Gasteiger partial charge in [0.2, 0.25) is 11.8 Å². The minimum atomic E-state index is -2.66. The largest absolute Gasteiger partial charge is 0.480 e. The second-order valence-electron chi connectivity index (χ2n) is 9.40. The van der Waals surface area contributed by atoms with Crippen LogP contribution in [0.25, 0.3) is 33.8 Å². The number of nitrogens with zero attached hydrogens (tertiary/aromatic N) is 8. The maximum absolute atomic E-state index is 13.9. The van der Waals surface area contributed by atoms with Crippen molar-refractivity contribution in [1.82, 2.24) is 33.5 Å². The molecule has 14 heteroatoms. The molecule has 10 nitrogen and oxygen atoms in total. The van der Waals surface area contributed by atoms with Crippen LogP contribution >= 0.6 is 12.3 Å². The van der Waals surface area contributed by atoms with E-state index in [4.69, 9.17) is 9.47 Å². The van der Waals surface area contributed by atoms with E-state index in [-0.39, 0.29) is 64.7 Å². The first-order valence-corrected chi connectivity index (χ1v) is 13.1. The number of aryl methyl sites for hydroxylation is 1. The third-order valence-electron chi connectivity index (χ3n) is 6.71. The summed E-state index contributed by atoms with van der Waals surface area (Å²) in [6, 6.07) is 9.11. The Morgan fingerprint density at radius 1 is 1.10 bits per heavy atom. The quantitative estimate of drug-likeness (QED) is 0.209. The highest BCUT2D eigenvalue weighted by Crippen LogP contribution is 2.45. The fourth-order valence-corrected chi connectivity index (χ4v) is 4.94. The van der Waals surface area contributed by atoms with Crippen LogP contribution < -0.4 is 9.47 Å². The van der Waals surface area contributed by atoms with Gasteiger partial charge < -0.3 is 14.0 Å². The predicted octanol–water partition coefficient (Wildman–Crippen LogP) is 5.94. The van der Waals surface area contributed by atoms with E-state index in [0.29, 0.717) is 17.0 Å². The summed E-state index contributed by atoms with van der Waals surface area (Å²) in [4.78, 5) is 21.9. The van der Waals surface area contributed by atoms with Crippen LogP contribution in [-0.4, -0.2) is 40.6 Å². The van der Waals surface area contributed by atoms with E-state index in [9.17, 15) is 17.9 Å². The van der Waals surface area contributed by atoms with Crippen molar-refractivity contribution in [3.8, 4) is 40.6 Å². The van der Waals surface area contributed by atoms with Gasteiger partial charge in [0.25, 0.3) is 6.43 Å². The highest BCUT2D eigenvalue weighted by Gasteiger charge is 2.32. The second kappa shape index (κ2) is 10.7. The topological polar surface area (TPSA) is 117 Å². The summed E-state index contributed by atoms with van der Waals surface area (Å²) in [6.07, 6.45) is 3.28. The van der Waals surface area contributed by atoms with Gasteiger partial charge in [0.15, 0.2) is 23.8 Å². The van der Waals surface area contributed by atoms with E-state index in [1.54, 1.807) is 35.9 Å². The Balaban J connectivity index is 1.38. The van der Waals surface area contributed by atoms with E-state index in [1.165, 1.54) is 25.8 Å². The molecule has 0 unspecified atom stereocenters. The van der Waals surface area contributed by atoms with E-state index >= 15 is 0 Å². The van der Waals surface area contributed by atoms with Gasteiger partial charge >= 0.3 is 0 Å². The van der Waals surface area contributed by atoms with Gasteiger partial charge in [0.1, 0.15) is 36.1 Å². The van der Waals surface area contributed by atoms with Gasteiger partial charge in [-0.15, -0.1) is 3.89 Å². The molecule has 0 aliphatic heterocycles. The zero-order valence-electron chi connectivity index (χ0n) is 21.8. The normalized spacial score (nSPS) is 13.1. The number of hydrogen-bond donors (Lipinski definition) is 0. The lowest BCUT2D eigenvalue weighted by molar-refractivity contribution is 0.146. The van der Waals surface area contributed by atoms with Crippen LogP contribution in [0.2, 0.25) is 0 Å². The average molecular weight is 579 g/mol. The molecule has 4 aromatic heterocycles. The third-order valence-corrected chi connectivity index (χ3v) is 7.13. The second-order valence-corrected chi connectivity index (χ2v) is 9.94. The molecule has 0 amide bonds. The van der Waals surface area contributed by atoms with E-state index in [0.717, 1.165) is 28.1 Å². The fourth-order valence-electron chi connectivity index (χ4n) is 4.60. The minimum absolute atomic E-state index is 0.0470. The van der Waals surface area contributed by atoms with Gasteiger partial charge in [-0.3, -0.25) is 0 Å². The summed E-state index contributed by atoms with van der Waals surface area (Å²) >= 11 is -0.0992. The van der Waals surface area contributed by atoms with Crippen LogP contribution in [0.3, 0.4) is 0 Å². The number of alkyl halides is 2. The maximum atomic E-state index is 13.9. The van der Waals surface area contributed by atoms with Crippen LogP contribution in [0.5, 0.6) is 11.8 Å². The monoisotopic (exact) mass is 578 g/mol. The summed E-state index contributed by atoms with van der Waals surface area (Å²) in [5.41, 5.74) is 2.61. The Kier molecular flexibility index (Phi) is 6.96. The zero-order chi connectivity index (χ0) is 28.7. The molecule has 41 heavy (non-hydrogen) atoms. The lowest BCUT2D eigenvalue weighted by Gasteiger charge is -2.13. The Morgan fingerprint density at radius 2 is 1.88 bits per heavy atom. The fraction of sp³-hybridized carbons (Fsp3) is 0.259. The molecule has 1 aliphatic carbocycles. The van der Waals surface area contributed by atoms with Crippen LogP contribution in [0.1, 0.15) is 47.7 Å².